The van der Waals surface area contributed by atoms with Gasteiger partial charge in [0.05, 0.1) is 11.9 Å². The molecule has 0 bridgehead atoms. The van der Waals surface area contributed by atoms with Crippen LogP contribution in [0.25, 0.3) is 6.08 Å². The molecule has 1 N–H and O–H groups in total. The zero-order valence-corrected chi connectivity index (χ0v) is 14.3. The molecule has 0 saturated carbocycles. The number of hydrogen-bond acceptors (Lipinski definition) is 3. The number of nitrogens with zero attached hydrogens (tertiary/aromatic N) is 4. The Balaban J connectivity index is 1.75. The van der Waals surface area contributed by atoms with Crippen molar-refractivity contribution in [1.82, 2.24) is 24.9 Å². The van der Waals surface area contributed by atoms with Gasteiger partial charge in [-0.2, -0.15) is 10.2 Å². The van der Waals surface area contributed by atoms with Crippen molar-refractivity contribution in [3.8, 4) is 0 Å². The number of carbonyl (C=O) groups is 1. The molecule has 2 aromatic rings. The van der Waals surface area contributed by atoms with Crippen LogP contribution in [0.3, 0.4) is 0 Å². The highest BCUT2D eigenvalue weighted by atomic mass is 16.1. The first-order chi connectivity index (χ1) is 11.0. The average Bonchev–Trinajstić information content (AvgIpc) is 3.03. The van der Waals surface area contributed by atoms with Gasteiger partial charge in [-0.15, -0.1) is 0 Å². The number of rotatable bonds is 7. The second-order valence-electron chi connectivity index (χ2n) is 5.63. The fraction of sp³-hybridized carbons (Fsp3) is 0.471. The maximum absolute atomic E-state index is 11.8. The van der Waals surface area contributed by atoms with Crippen LogP contribution in [-0.2, 0) is 17.9 Å². The lowest BCUT2D eigenvalue weighted by molar-refractivity contribution is -0.116. The van der Waals surface area contributed by atoms with Gasteiger partial charge in [0, 0.05) is 42.7 Å². The van der Waals surface area contributed by atoms with E-state index in [-0.39, 0.29) is 5.91 Å². The summed E-state index contributed by atoms with van der Waals surface area (Å²) in [6.45, 7) is 10.4. The Bertz CT molecular complexity index is 696. The Morgan fingerprint density at radius 2 is 2.09 bits per heavy atom. The Labute approximate surface area is 137 Å². The highest BCUT2D eigenvalue weighted by Crippen LogP contribution is 2.08. The molecule has 1 amide bonds. The lowest BCUT2D eigenvalue weighted by Gasteiger charge is -2.05. The molecule has 124 valence electrons. The first-order valence-corrected chi connectivity index (χ1v) is 8.00. The molecule has 0 aliphatic heterocycles. The summed E-state index contributed by atoms with van der Waals surface area (Å²) in [7, 11) is 0. The second-order valence-corrected chi connectivity index (χ2v) is 5.63. The molecule has 0 unspecified atom stereocenters. The van der Waals surface area contributed by atoms with Crippen LogP contribution < -0.4 is 5.32 Å². The van der Waals surface area contributed by atoms with Crippen LogP contribution in [-0.4, -0.2) is 32.0 Å². The normalized spacial score (nSPS) is 11.3. The van der Waals surface area contributed by atoms with Gasteiger partial charge in [0.15, 0.2) is 0 Å². The van der Waals surface area contributed by atoms with Gasteiger partial charge in [0.2, 0.25) is 5.91 Å². The molecule has 0 radical (unpaired) electrons. The van der Waals surface area contributed by atoms with Gasteiger partial charge in [0.25, 0.3) is 0 Å². The van der Waals surface area contributed by atoms with Gasteiger partial charge in [0.1, 0.15) is 0 Å². The van der Waals surface area contributed by atoms with Crippen LogP contribution in [0, 0.1) is 20.8 Å². The molecule has 0 spiro atoms. The summed E-state index contributed by atoms with van der Waals surface area (Å²) < 4.78 is 3.88. The minimum absolute atomic E-state index is 0.0815. The monoisotopic (exact) mass is 315 g/mol. The first kappa shape index (κ1) is 17.0. The molecule has 6 heteroatoms. The van der Waals surface area contributed by atoms with E-state index in [0.717, 1.165) is 42.2 Å². The predicted molar refractivity (Wildman–Crippen MR) is 91.0 cm³/mol. The van der Waals surface area contributed by atoms with Gasteiger partial charge >= 0.3 is 0 Å². The van der Waals surface area contributed by atoms with Crippen molar-refractivity contribution in [2.75, 3.05) is 6.54 Å². The van der Waals surface area contributed by atoms with Crippen LogP contribution >= 0.6 is 0 Å². The molecule has 0 fully saturated rings. The summed E-state index contributed by atoms with van der Waals surface area (Å²) in [5.74, 6) is -0.0815. The predicted octanol–water partition coefficient (Wildman–Crippen LogP) is 2.24. The van der Waals surface area contributed by atoms with Crippen molar-refractivity contribution < 1.29 is 4.79 Å². The first-order valence-electron chi connectivity index (χ1n) is 8.00. The van der Waals surface area contributed by atoms with Crippen LogP contribution in [0.1, 0.15) is 36.0 Å². The Morgan fingerprint density at radius 3 is 2.70 bits per heavy atom. The maximum atomic E-state index is 11.8. The third kappa shape index (κ3) is 4.55. The van der Waals surface area contributed by atoms with E-state index in [1.54, 1.807) is 12.3 Å². The SMILES string of the molecule is CCn1ncc(/C=C/C(=O)NCCCn2nc(C)cc2C)c1C. The molecule has 0 atom stereocenters. The zero-order valence-electron chi connectivity index (χ0n) is 14.3. The lowest BCUT2D eigenvalue weighted by atomic mass is 10.2. The topological polar surface area (TPSA) is 64.7 Å². The second kappa shape index (κ2) is 7.76. The maximum Gasteiger partial charge on any atom is 0.244 e. The molecule has 0 saturated heterocycles. The third-order valence-electron chi connectivity index (χ3n) is 3.80. The summed E-state index contributed by atoms with van der Waals surface area (Å²) in [6.07, 6.45) is 6.01. The Kier molecular flexibility index (Phi) is 5.73. The number of carbonyl (C=O) groups excluding carboxylic acids is 1. The van der Waals surface area contributed by atoms with Crippen molar-refractivity contribution in [1.29, 1.82) is 0 Å². The molecule has 0 aliphatic carbocycles. The third-order valence-corrected chi connectivity index (χ3v) is 3.80. The smallest absolute Gasteiger partial charge is 0.244 e. The van der Waals surface area contributed by atoms with Crippen LogP contribution in [0.4, 0.5) is 0 Å². The van der Waals surface area contributed by atoms with Gasteiger partial charge < -0.3 is 5.32 Å². The molecule has 0 aliphatic rings. The van der Waals surface area contributed by atoms with Crippen LogP contribution in [0.5, 0.6) is 0 Å². The van der Waals surface area contributed by atoms with Crippen LogP contribution in [0.15, 0.2) is 18.3 Å². The van der Waals surface area contributed by atoms with E-state index < -0.39 is 0 Å². The highest BCUT2D eigenvalue weighted by molar-refractivity contribution is 5.91. The van der Waals surface area contributed by atoms with E-state index in [1.165, 1.54) is 0 Å². The fourth-order valence-corrected chi connectivity index (χ4v) is 2.51. The van der Waals surface area contributed by atoms with E-state index in [1.807, 2.05) is 43.1 Å². The van der Waals surface area contributed by atoms with Crippen molar-refractivity contribution in [2.45, 2.75) is 47.2 Å². The number of amides is 1. The molecule has 23 heavy (non-hydrogen) atoms. The molecule has 6 nitrogen and oxygen atoms in total. The summed E-state index contributed by atoms with van der Waals surface area (Å²) in [5, 5.41) is 11.6. The molecule has 2 aromatic heterocycles. The van der Waals surface area contributed by atoms with Crippen molar-refractivity contribution in [2.24, 2.45) is 0 Å². The largest absolute Gasteiger partial charge is 0.352 e. The number of aromatic nitrogens is 4. The fourth-order valence-electron chi connectivity index (χ4n) is 2.51. The average molecular weight is 315 g/mol. The van der Waals surface area contributed by atoms with Gasteiger partial charge in [-0.1, -0.05) is 0 Å². The summed E-state index contributed by atoms with van der Waals surface area (Å²) >= 11 is 0. The summed E-state index contributed by atoms with van der Waals surface area (Å²) in [5.41, 5.74) is 4.22. The van der Waals surface area contributed by atoms with E-state index in [9.17, 15) is 4.79 Å². The minimum Gasteiger partial charge on any atom is -0.352 e. The molecule has 2 rings (SSSR count). The Morgan fingerprint density at radius 1 is 1.30 bits per heavy atom. The summed E-state index contributed by atoms with van der Waals surface area (Å²) in [4.78, 5) is 11.8. The van der Waals surface area contributed by atoms with Gasteiger partial charge in [-0.25, -0.2) is 0 Å². The number of aryl methyl sites for hydroxylation is 4. The molecular formula is C17H25N5O. The molecule has 2 heterocycles. The molecular weight excluding hydrogens is 290 g/mol. The highest BCUT2D eigenvalue weighted by Gasteiger charge is 2.03. The van der Waals surface area contributed by atoms with Gasteiger partial charge in [-0.05, 0) is 46.3 Å². The van der Waals surface area contributed by atoms with E-state index >= 15 is 0 Å². The standard InChI is InChI=1S/C17H25N5O/c1-5-21-15(4)16(12-19-21)7-8-17(23)18-9-6-10-22-14(3)11-13(2)20-22/h7-8,11-12H,5-6,9-10H2,1-4H3,(H,18,23)/b8-7+. The minimum atomic E-state index is -0.0815. The van der Waals surface area contributed by atoms with Crippen LogP contribution in [0.2, 0.25) is 0 Å². The van der Waals surface area contributed by atoms with Crippen molar-refractivity contribution >= 4 is 12.0 Å². The quantitative estimate of drug-likeness (QED) is 0.629. The van der Waals surface area contributed by atoms with E-state index in [0.29, 0.717) is 6.54 Å². The van der Waals surface area contributed by atoms with Gasteiger partial charge in [-0.3, -0.25) is 14.2 Å². The summed E-state index contributed by atoms with van der Waals surface area (Å²) in [6, 6.07) is 2.06. The number of hydrogen-bond donors (Lipinski definition) is 1. The molecule has 0 aromatic carbocycles. The van der Waals surface area contributed by atoms with E-state index in [2.05, 4.69) is 21.6 Å². The van der Waals surface area contributed by atoms with Crippen molar-refractivity contribution in [3.05, 3.63) is 41.0 Å². The van der Waals surface area contributed by atoms with E-state index in [4.69, 9.17) is 0 Å². The zero-order chi connectivity index (χ0) is 16.8. The number of nitrogens with one attached hydrogen (secondary N) is 1. The Hall–Kier alpha value is -2.37. The van der Waals surface area contributed by atoms with Crippen molar-refractivity contribution in [3.63, 3.8) is 0 Å². The lowest BCUT2D eigenvalue weighted by Crippen LogP contribution is -2.23.